The highest BCUT2D eigenvalue weighted by molar-refractivity contribution is 6.07. The van der Waals surface area contributed by atoms with Crippen molar-refractivity contribution < 1.29 is 4.74 Å². The van der Waals surface area contributed by atoms with E-state index in [0.717, 1.165) is 27.5 Å². The number of anilines is 1. The lowest BCUT2D eigenvalue weighted by molar-refractivity contribution is 0.184. The van der Waals surface area contributed by atoms with Gasteiger partial charge in [0.15, 0.2) is 0 Å². The summed E-state index contributed by atoms with van der Waals surface area (Å²) in [6.45, 7) is 1.28. The van der Waals surface area contributed by atoms with E-state index in [4.69, 9.17) is 10.5 Å². The van der Waals surface area contributed by atoms with E-state index < -0.39 is 0 Å². The first-order chi connectivity index (χ1) is 11.3. The number of nitrogen functional groups attached to an aromatic ring is 1. The monoisotopic (exact) mass is 308 g/mol. The number of hydrogen-bond acceptors (Lipinski definition) is 5. The van der Waals surface area contributed by atoms with E-state index >= 15 is 0 Å². The van der Waals surface area contributed by atoms with Crippen LogP contribution in [-0.2, 0) is 11.3 Å². The van der Waals surface area contributed by atoms with Gasteiger partial charge >= 0.3 is 0 Å². The van der Waals surface area contributed by atoms with Crippen LogP contribution in [-0.4, -0.2) is 38.3 Å². The standard InChI is InChI=1S/C16H16N6O/c1-23-8-7-21-10-13-15(20-21)12-4-3-11(22-6-2-5-18-22)9-14(12)19-16(13)17/h2-6,9-10H,7-8H2,1H3,(H2,17,19). The summed E-state index contributed by atoms with van der Waals surface area (Å²) in [5, 5.41) is 10.7. The quantitative estimate of drug-likeness (QED) is 0.623. The number of benzene rings is 1. The predicted octanol–water partition coefficient (Wildman–Crippen LogP) is 2.00. The van der Waals surface area contributed by atoms with Crippen molar-refractivity contribution in [3.8, 4) is 5.69 Å². The van der Waals surface area contributed by atoms with Crippen LogP contribution in [0, 0.1) is 0 Å². The summed E-state index contributed by atoms with van der Waals surface area (Å²) in [5.74, 6) is 0.480. The molecule has 0 aliphatic rings. The summed E-state index contributed by atoms with van der Waals surface area (Å²) in [7, 11) is 1.67. The highest BCUT2D eigenvalue weighted by Crippen LogP contribution is 2.28. The molecule has 0 amide bonds. The Hall–Kier alpha value is -2.93. The van der Waals surface area contributed by atoms with Crippen molar-refractivity contribution in [2.45, 2.75) is 6.54 Å². The fraction of sp³-hybridized carbons (Fsp3) is 0.188. The molecule has 0 spiro atoms. The number of methoxy groups -OCH3 is 1. The van der Waals surface area contributed by atoms with Crippen LogP contribution in [0.2, 0.25) is 0 Å². The van der Waals surface area contributed by atoms with Crippen molar-refractivity contribution in [1.29, 1.82) is 0 Å². The third-order valence-corrected chi connectivity index (χ3v) is 3.81. The zero-order valence-corrected chi connectivity index (χ0v) is 12.7. The molecule has 2 N–H and O–H groups in total. The lowest BCUT2D eigenvalue weighted by Gasteiger charge is -2.05. The molecule has 0 radical (unpaired) electrons. The van der Waals surface area contributed by atoms with Gasteiger partial charge in [0, 0.05) is 31.1 Å². The van der Waals surface area contributed by atoms with E-state index in [1.54, 1.807) is 18.0 Å². The van der Waals surface area contributed by atoms with Gasteiger partial charge in [-0.1, -0.05) is 0 Å². The third kappa shape index (κ3) is 2.31. The molecule has 4 aromatic rings. The lowest BCUT2D eigenvalue weighted by Crippen LogP contribution is -2.03. The van der Waals surface area contributed by atoms with Crippen LogP contribution in [0.4, 0.5) is 5.82 Å². The molecule has 0 saturated heterocycles. The van der Waals surface area contributed by atoms with Crippen LogP contribution in [0.25, 0.3) is 27.5 Å². The van der Waals surface area contributed by atoms with Crippen molar-refractivity contribution in [2.75, 3.05) is 19.5 Å². The van der Waals surface area contributed by atoms with Gasteiger partial charge in [-0.15, -0.1) is 0 Å². The van der Waals surface area contributed by atoms with Gasteiger partial charge in [0.25, 0.3) is 0 Å². The van der Waals surface area contributed by atoms with Gasteiger partial charge < -0.3 is 10.5 Å². The van der Waals surface area contributed by atoms with E-state index in [-0.39, 0.29) is 0 Å². The topological polar surface area (TPSA) is 83.8 Å². The Labute approximate surface area is 132 Å². The SMILES string of the molecule is COCCn1cc2c(N)nc3cc(-n4cccn4)ccc3c2n1. The van der Waals surface area contributed by atoms with Crippen molar-refractivity contribution >= 4 is 27.6 Å². The average molecular weight is 308 g/mol. The molecule has 4 rings (SSSR count). The first kappa shape index (κ1) is 13.7. The zero-order valence-electron chi connectivity index (χ0n) is 12.7. The van der Waals surface area contributed by atoms with Crippen molar-refractivity contribution in [1.82, 2.24) is 24.5 Å². The maximum absolute atomic E-state index is 6.11. The summed E-state index contributed by atoms with van der Waals surface area (Å²) in [6.07, 6.45) is 5.55. The Kier molecular flexibility index (Phi) is 3.20. The number of rotatable bonds is 4. The van der Waals surface area contributed by atoms with Gasteiger partial charge in [0.2, 0.25) is 0 Å². The molecule has 0 bridgehead atoms. The second-order valence-corrected chi connectivity index (χ2v) is 5.30. The van der Waals surface area contributed by atoms with Crippen LogP contribution in [0.1, 0.15) is 0 Å². The Morgan fingerprint density at radius 2 is 2.17 bits per heavy atom. The molecule has 0 saturated carbocycles. The van der Waals surface area contributed by atoms with Crippen LogP contribution in [0.3, 0.4) is 0 Å². The van der Waals surface area contributed by atoms with Crippen LogP contribution in [0.15, 0.2) is 42.9 Å². The van der Waals surface area contributed by atoms with Gasteiger partial charge in [0.1, 0.15) is 11.3 Å². The number of pyridine rings is 1. The molecule has 116 valence electrons. The first-order valence-corrected chi connectivity index (χ1v) is 7.31. The normalized spacial score (nSPS) is 11.5. The molecule has 3 aromatic heterocycles. The second-order valence-electron chi connectivity index (χ2n) is 5.30. The highest BCUT2D eigenvalue weighted by atomic mass is 16.5. The van der Waals surface area contributed by atoms with Gasteiger partial charge in [-0.05, 0) is 24.3 Å². The zero-order chi connectivity index (χ0) is 15.8. The Bertz CT molecular complexity index is 973. The van der Waals surface area contributed by atoms with Gasteiger partial charge in [-0.2, -0.15) is 10.2 Å². The van der Waals surface area contributed by atoms with Crippen LogP contribution in [0.5, 0.6) is 0 Å². The summed E-state index contributed by atoms with van der Waals surface area (Å²) in [6, 6.07) is 7.86. The molecular formula is C16H16N6O. The number of nitrogens with zero attached hydrogens (tertiary/aromatic N) is 5. The summed E-state index contributed by atoms with van der Waals surface area (Å²) >= 11 is 0. The number of nitrogens with two attached hydrogens (primary N) is 1. The molecule has 1 aromatic carbocycles. The molecule has 7 nitrogen and oxygen atoms in total. The molecule has 0 aliphatic heterocycles. The molecule has 3 heterocycles. The second kappa shape index (κ2) is 5.36. The van der Waals surface area contributed by atoms with E-state index in [1.165, 1.54) is 0 Å². The summed E-state index contributed by atoms with van der Waals surface area (Å²) in [4.78, 5) is 4.52. The minimum Gasteiger partial charge on any atom is -0.383 e. The third-order valence-electron chi connectivity index (χ3n) is 3.81. The molecule has 0 fully saturated rings. The van der Waals surface area contributed by atoms with Crippen LogP contribution >= 0.6 is 0 Å². The molecule has 0 unspecified atom stereocenters. The first-order valence-electron chi connectivity index (χ1n) is 7.31. The molecule has 0 aliphatic carbocycles. The van der Waals surface area contributed by atoms with Gasteiger partial charge in [-0.25, -0.2) is 9.67 Å². The number of hydrogen-bond donors (Lipinski definition) is 1. The maximum Gasteiger partial charge on any atom is 0.135 e. The largest absolute Gasteiger partial charge is 0.383 e. The van der Waals surface area contributed by atoms with Gasteiger partial charge in [0.05, 0.1) is 29.7 Å². The van der Waals surface area contributed by atoms with E-state index in [9.17, 15) is 0 Å². The van der Waals surface area contributed by atoms with Gasteiger partial charge in [-0.3, -0.25) is 4.68 Å². The van der Waals surface area contributed by atoms with Crippen molar-refractivity contribution in [3.05, 3.63) is 42.9 Å². The predicted molar refractivity (Wildman–Crippen MR) is 88.4 cm³/mol. The van der Waals surface area contributed by atoms with Crippen LogP contribution < -0.4 is 5.73 Å². The molecule has 0 atom stereocenters. The molecule has 7 heteroatoms. The average Bonchev–Trinajstić information content (AvgIpc) is 3.22. The summed E-state index contributed by atoms with van der Waals surface area (Å²) < 4.78 is 8.73. The van der Waals surface area contributed by atoms with Crippen molar-refractivity contribution in [2.24, 2.45) is 0 Å². The Morgan fingerprint density at radius 1 is 1.26 bits per heavy atom. The van der Waals surface area contributed by atoms with Crippen molar-refractivity contribution in [3.63, 3.8) is 0 Å². The number of fused-ring (bicyclic) bond motifs is 3. The lowest BCUT2D eigenvalue weighted by atomic mass is 10.1. The smallest absolute Gasteiger partial charge is 0.135 e. The Morgan fingerprint density at radius 3 is 2.96 bits per heavy atom. The fourth-order valence-electron chi connectivity index (χ4n) is 2.67. The summed E-state index contributed by atoms with van der Waals surface area (Å²) in [5.41, 5.74) is 8.72. The fourth-order valence-corrected chi connectivity index (χ4v) is 2.67. The maximum atomic E-state index is 6.11. The highest BCUT2D eigenvalue weighted by Gasteiger charge is 2.11. The minimum atomic E-state index is 0.480. The molecule has 23 heavy (non-hydrogen) atoms. The number of aromatic nitrogens is 5. The minimum absolute atomic E-state index is 0.480. The number of ether oxygens (including phenoxy) is 1. The van der Waals surface area contributed by atoms with E-state index in [0.29, 0.717) is 19.0 Å². The van der Waals surface area contributed by atoms with E-state index in [2.05, 4.69) is 15.2 Å². The Balaban J connectivity index is 1.89. The van der Waals surface area contributed by atoms with E-state index in [1.807, 2.05) is 41.3 Å². The molecular weight excluding hydrogens is 292 g/mol.